The second-order valence-electron chi connectivity index (χ2n) is 6.93. The van der Waals surface area contributed by atoms with E-state index < -0.39 is 29.8 Å². The quantitative estimate of drug-likeness (QED) is 0.495. The van der Waals surface area contributed by atoms with Crippen molar-refractivity contribution in [3.63, 3.8) is 0 Å². The molecule has 1 aliphatic rings. The summed E-state index contributed by atoms with van der Waals surface area (Å²) in [6.07, 6.45) is -1.73. The zero-order chi connectivity index (χ0) is 24.6. The fraction of sp³-hybridized carbons (Fsp3) is 0.0952. The van der Waals surface area contributed by atoms with Crippen molar-refractivity contribution in [3.8, 4) is 23.3 Å². The molecule has 0 amide bonds. The van der Waals surface area contributed by atoms with Crippen LogP contribution >= 0.6 is 23.2 Å². The summed E-state index contributed by atoms with van der Waals surface area (Å²) in [6.45, 7) is 0. The van der Waals surface area contributed by atoms with E-state index in [2.05, 4.69) is 10.4 Å². The highest BCUT2D eigenvalue weighted by molar-refractivity contribution is 6.37. The molecular formula is C21H13Cl2F2N5O4. The van der Waals surface area contributed by atoms with Crippen molar-refractivity contribution >= 4 is 34.6 Å². The number of aliphatic hydroxyl groups excluding tert-OH is 2. The maximum atomic E-state index is 13.6. The van der Waals surface area contributed by atoms with Gasteiger partial charge in [0.25, 0.3) is 5.56 Å². The Morgan fingerprint density at radius 1 is 1.06 bits per heavy atom. The van der Waals surface area contributed by atoms with E-state index in [0.29, 0.717) is 6.07 Å². The lowest BCUT2D eigenvalue weighted by molar-refractivity contribution is 0.0631. The molecule has 3 N–H and O–H groups in total. The van der Waals surface area contributed by atoms with Crippen LogP contribution in [0.5, 0.6) is 11.5 Å². The van der Waals surface area contributed by atoms with Gasteiger partial charge >= 0.3 is 0 Å². The standard InChI is InChI=1S/C21H13Cl2F2N5O4/c22-15-6-13(30-21(33)27-20(32)17(8-26)28-30)7-16(23)19(15)34-14-1-2-18(31)29(9-14)12-4-10(24)3-11(25)5-12/h1-7,9,20-21,27,32-33H. The van der Waals surface area contributed by atoms with E-state index in [0.717, 1.165) is 27.8 Å². The molecule has 2 heterocycles. The van der Waals surface area contributed by atoms with Gasteiger partial charge in [-0.15, -0.1) is 0 Å². The molecule has 2 unspecified atom stereocenters. The number of nitrogens with zero attached hydrogens (tertiary/aromatic N) is 4. The topological polar surface area (TPSA) is 123 Å². The lowest BCUT2D eigenvalue weighted by atomic mass is 10.2. The number of aliphatic hydroxyl groups is 2. The van der Waals surface area contributed by atoms with Crippen LogP contribution in [0.1, 0.15) is 0 Å². The van der Waals surface area contributed by atoms with Crippen molar-refractivity contribution in [1.82, 2.24) is 9.88 Å². The van der Waals surface area contributed by atoms with E-state index in [1.54, 1.807) is 6.07 Å². The van der Waals surface area contributed by atoms with Crippen LogP contribution in [-0.2, 0) is 0 Å². The van der Waals surface area contributed by atoms with E-state index in [9.17, 15) is 23.8 Å². The van der Waals surface area contributed by atoms with Crippen LogP contribution in [0.15, 0.2) is 58.6 Å². The molecule has 0 saturated carbocycles. The molecule has 0 spiro atoms. The summed E-state index contributed by atoms with van der Waals surface area (Å²) in [5.74, 6) is -1.67. The lowest BCUT2D eigenvalue weighted by Crippen LogP contribution is -2.55. The number of nitrogens with one attached hydrogen (secondary N) is 1. The SMILES string of the molecule is N#CC1=NN(c2cc(Cl)c(Oc3ccc(=O)n(-c4cc(F)cc(F)c4)c3)c(Cl)c2)C(O)NC1O. The van der Waals surface area contributed by atoms with Gasteiger partial charge in [0.05, 0.1) is 27.6 Å². The molecule has 9 nitrogen and oxygen atoms in total. The summed E-state index contributed by atoms with van der Waals surface area (Å²) in [5, 5.41) is 36.0. The number of pyridine rings is 1. The van der Waals surface area contributed by atoms with Crippen LogP contribution in [0.2, 0.25) is 10.0 Å². The smallest absolute Gasteiger partial charge is 0.255 e. The maximum absolute atomic E-state index is 13.6. The summed E-state index contributed by atoms with van der Waals surface area (Å²) in [7, 11) is 0. The highest BCUT2D eigenvalue weighted by Crippen LogP contribution is 2.40. The van der Waals surface area contributed by atoms with Gasteiger partial charge in [0.15, 0.2) is 17.7 Å². The number of hydrogen-bond donors (Lipinski definition) is 3. The minimum absolute atomic E-state index is 0.0216. The van der Waals surface area contributed by atoms with Crippen molar-refractivity contribution in [1.29, 1.82) is 5.26 Å². The molecule has 174 valence electrons. The first-order valence-corrected chi connectivity index (χ1v) is 10.2. The van der Waals surface area contributed by atoms with Crippen LogP contribution < -0.4 is 20.6 Å². The number of hydrogen-bond acceptors (Lipinski definition) is 8. The molecule has 2 aromatic carbocycles. The van der Waals surface area contributed by atoms with Crippen LogP contribution in [0, 0.1) is 23.0 Å². The number of halogens is 4. The Morgan fingerprint density at radius 2 is 1.71 bits per heavy atom. The average molecular weight is 508 g/mol. The predicted octanol–water partition coefficient (Wildman–Crippen LogP) is 3.10. The van der Waals surface area contributed by atoms with Gasteiger partial charge in [-0.25, -0.2) is 19.1 Å². The minimum Gasteiger partial charge on any atom is -0.453 e. The number of rotatable bonds is 4. The van der Waals surface area contributed by atoms with Crippen molar-refractivity contribution in [3.05, 3.63) is 80.7 Å². The van der Waals surface area contributed by atoms with Crippen LogP contribution in [0.4, 0.5) is 14.5 Å². The molecule has 0 bridgehead atoms. The Bertz CT molecular complexity index is 1370. The van der Waals surface area contributed by atoms with Crippen molar-refractivity contribution in [2.24, 2.45) is 5.10 Å². The average Bonchev–Trinajstić information content (AvgIpc) is 2.76. The van der Waals surface area contributed by atoms with E-state index in [1.165, 1.54) is 24.4 Å². The normalized spacial score (nSPS) is 17.8. The van der Waals surface area contributed by atoms with Gasteiger partial charge < -0.3 is 14.9 Å². The second-order valence-corrected chi connectivity index (χ2v) is 7.74. The van der Waals surface area contributed by atoms with Gasteiger partial charge in [-0.1, -0.05) is 23.2 Å². The maximum Gasteiger partial charge on any atom is 0.255 e. The highest BCUT2D eigenvalue weighted by atomic mass is 35.5. The van der Waals surface area contributed by atoms with E-state index >= 15 is 0 Å². The zero-order valence-corrected chi connectivity index (χ0v) is 18.3. The van der Waals surface area contributed by atoms with E-state index in [1.807, 2.05) is 0 Å². The lowest BCUT2D eigenvalue weighted by Gasteiger charge is -2.32. The first-order chi connectivity index (χ1) is 16.2. The Hall–Kier alpha value is -3.53. The molecule has 34 heavy (non-hydrogen) atoms. The zero-order valence-electron chi connectivity index (χ0n) is 16.8. The third-order valence-corrected chi connectivity index (χ3v) is 5.17. The molecule has 0 fully saturated rings. The van der Waals surface area contributed by atoms with E-state index in [-0.39, 0.29) is 38.6 Å². The summed E-state index contributed by atoms with van der Waals surface area (Å²) >= 11 is 12.6. The Kier molecular flexibility index (Phi) is 6.52. The number of ether oxygens (including phenoxy) is 1. The van der Waals surface area contributed by atoms with Gasteiger partial charge in [-0.2, -0.15) is 10.4 Å². The Labute approximate surface area is 200 Å². The number of anilines is 1. The van der Waals surface area contributed by atoms with Gasteiger partial charge in [-0.05, 0) is 30.3 Å². The highest BCUT2D eigenvalue weighted by Gasteiger charge is 2.29. The molecule has 1 aliphatic heterocycles. The van der Waals surface area contributed by atoms with E-state index in [4.69, 9.17) is 33.2 Å². The Balaban J connectivity index is 1.68. The summed E-state index contributed by atoms with van der Waals surface area (Å²) in [5.41, 5.74) is -0.749. The predicted molar refractivity (Wildman–Crippen MR) is 119 cm³/mol. The second kappa shape index (κ2) is 9.38. The molecule has 0 saturated heterocycles. The van der Waals surface area contributed by atoms with Crippen LogP contribution in [-0.4, -0.2) is 33.1 Å². The summed E-state index contributed by atoms with van der Waals surface area (Å²) in [4.78, 5) is 12.2. The molecule has 2 atom stereocenters. The molecule has 1 aromatic heterocycles. The minimum atomic E-state index is -1.48. The van der Waals surface area contributed by atoms with Gasteiger partial charge in [0.1, 0.15) is 23.5 Å². The summed E-state index contributed by atoms with van der Waals surface area (Å²) < 4.78 is 33.9. The number of benzene rings is 2. The van der Waals surface area contributed by atoms with Crippen molar-refractivity contribution < 1.29 is 23.7 Å². The monoisotopic (exact) mass is 507 g/mol. The molecule has 3 aromatic rings. The third-order valence-electron chi connectivity index (χ3n) is 4.60. The van der Waals surface area contributed by atoms with Crippen LogP contribution in [0.3, 0.4) is 0 Å². The molecule has 4 rings (SSSR count). The van der Waals surface area contributed by atoms with Crippen LogP contribution in [0.25, 0.3) is 5.69 Å². The number of hydrazone groups is 1. The Morgan fingerprint density at radius 3 is 2.32 bits per heavy atom. The fourth-order valence-electron chi connectivity index (χ4n) is 3.10. The van der Waals surface area contributed by atoms with Crippen molar-refractivity contribution in [2.75, 3.05) is 5.01 Å². The molecule has 13 heteroatoms. The van der Waals surface area contributed by atoms with Crippen molar-refractivity contribution in [2.45, 2.75) is 12.6 Å². The molecule has 0 radical (unpaired) electrons. The van der Waals surface area contributed by atoms with Gasteiger partial charge in [-0.3, -0.25) is 9.36 Å². The third kappa shape index (κ3) is 4.72. The molecule has 0 aliphatic carbocycles. The van der Waals surface area contributed by atoms with Gasteiger partial charge in [0.2, 0.25) is 6.35 Å². The summed E-state index contributed by atoms with van der Waals surface area (Å²) in [6, 6.07) is 9.45. The first-order valence-electron chi connectivity index (χ1n) is 9.42. The molecular weight excluding hydrogens is 495 g/mol. The fourth-order valence-corrected chi connectivity index (χ4v) is 3.65. The largest absolute Gasteiger partial charge is 0.453 e. The first kappa shape index (κ1) is 23.6. The van der Waals surface area contributed by atoms with Gasteiger partial charge in [0, 0.05) is 12.1 Å². The number of aromatic nitrogens is 1. The number of nitriles is 1.